The number of likely N-dealkylation sites (tertiary alicyclic amines) is 1. The van der Waals surface area contributed by atoms with Crippen LogP contribution in [0.2, 0.25) is 0 Å². The third kappa shape index (κ3) is 4.77. The number of esters is 1. The van der Waals surface area contributed by atoms with Crippen molar-refractivity contribution in [3.63, 3.8) is 0 Å². The minimum atomic E-state index is -5.06. The second kappa shape index (κ2) is 6.87. The van der Waals surface area contributed by atoms with Gasteiger partial charge in [0.25, 0.3) is 0 Å². The average Bonchev–Trinajstić information content (AvgIpc) is 2.38. The molecule has 0 radical (unpaired) electrons. The van der Waals surface area contributed by atoms with E-state index >= 15 is 0 Å². The van der Waals surface area contributed by atoms with Crippen LogP contribution in [-0.4, -0.2) is 60.5 Å². The second-order valence-corrected chi connectivity index (χ2v) is 5.95. The van der Waals surface area contributed by atoms with Gasteiger partial charge in [-0.1, -0.05) is 0 Å². The molecule has 1 atom stereocenters. The second-order valence-electron chi connectivity index (χ2n) is 5.06. The molecule has 1 aliphatic rings. The molecule has 0 saturated carbocycles. The van der Waals surface area contributed by atoms with Crippen LogP contribution in [-0.2, 0) is 14.3 Å². The van der Waals surface area contributed by atoms with Crippen LogP contribution in [0.1, 0.15) is 19.8 Å². The quantitative estimate of drug-likeness (QED) is 0.597. The fourth-order valence-electron chi connectivity index (χ4n) is 2.15. The molecule has 5 nitrogen and oxygen atoms in total. The number of nitrogens with zero attached hydrogens (tertiary/aromatic N) is 1. The number of piperidine rings is 1. The summed E-state index contributed by atoms with van der Waals surface area (Å²) in [4.78, 5) is 25.0. The highest BCUT2D eigenvalue weighted by Gasteiger charge is 2.48. The largest absolute Gasteiger partial charge is 0.471 e. The lowest BCUT2D eigenvalue weighted by atomic mass is 9.88. The molecule has 1 N–H and O–H groups in total. The minimum Gasteiger partial charge on any atom is -0.464 e. The lowest BCUT2D eigenvalue weighted by molar-refractivity contribution is -0.176. The van der Waals surface area contributed by atoms with Gasteiger partial charge in [0.15, 0.2) is 0 Å². The lowest BCUT2D eigenvalue weighted by Gasteiger charge is -2.41. The maximum Gasteiger partial charge on any atom is 0.471 e. The minimum absolute atomic E-state index is 0.0149. The highest BCUT2D eigenvalue weighted by Crippen LogP contribution is 2.33. The molecule has 1 aliphatic heterocycles. The van der Waals surface area contributed by atoms with Crippen molar-refractivity contribution >= 4 is 24.5 Å². The Hall–Kier alpha value is -0.960. The highest BCUT2D eigenvalue weighted by atomic mass is 32.1. The Morgan fingerprint density at radius 3 is 2.33 bits per heavy atom. The topological polar surface area (TPSA) is 58.6 Å². The first kappa shape index (κ1) is 18.1. The summed E-state index contributed by atoms with van der Waals surface area (Å²) >= 11 is 4.38. The van der Waals surface area contributed by atoms with Crippen molar-refractivity contribution in [2.24, 2.45) is 0 Å². The average molecular weight is 328 g/mol. The molecular formula is C12H19F3N2O3S. The van der Waals surface area contributed by atoms with E-state index in [1.807, 2.05) is 11.9 Å². The summed E-state index contributed by atoms with van der Waals surface area (Å²) in [6.07, 6.45) is -4.32. The van der Waals surface area contributed by atoms with E-state index in [1.165, 1.54) is 0 Å². The van der Waals surface area contributed by atoms with Crippen molar-refractivity contribution in [2.75, 3.05) is 26.7 Å². The molecule has 1 fully saturated rings. The third-order valence-electron chi connectivity index (χ3n) is 3.45. The molecule has 0 bridgehead atoms. The maximum absolute atomic E-state index is 12.4. The molecule has 1 heterocycles. The number of thiol groups is 1. The smallest absolute Gasteiger partial charge is 0.464 e. The van der Waals surface area contributed by atoms with Crippen LogP contribution in [0.5, 0.6) is 0 Å². The number of carbonyl (C=O) groups excluding carboxylic acids is 2. The molecule has 0 aliphatic carbocycles. The number of ether oxygens (including phenoxy) is 1. The molecule has 122 valence electrons. The number of carbonyl (C=O) groups is 2. The molecule has 0 aromatic carbocycles. The van der Waals surface area contributed by atoms with E-state index in [2.05, 4.69) is 12.6 Å². The first-order chi connectivity index (χ1) is 9.60. The fourth-order valence-corrected chi connectivity index (χ4v) is 2.52. The van der Waals surface area contributed by atoms with Gasteiger partial charge in [0, 0.05) is 4.75 Å². The number of alkyl halides is 3. The molecule has 0 aromatic heterocycles. The van der Waals surface area contributed by atoms with Gasteiger partial charge in [-0.25, -0.2) is 4.79 Å². The van der Waals surface area contributed by atoms with E-state index < -0.39 is 28.8 Å². The van der Waals surface area contributed by atoms with E-state index in [0.717, 1.165) is 0 Å². The SMILES string of the molecule is CCOC(=O)C(NC(=O)C(F)(F)F)C1(S)CCN(C)CC1. The van der Waals surface area contributed by atoms with Crippen molar-refractivity contribution in [3.8, 4) is 0 Å². The summed E-state index contributed by atoms with van der Waals surface area (Å²) in [6.45, 7) is 2.70. The van der Waals surface area contributed by atoms with Gasteiger partial charge in [0.05, 0.1) is 6.61 Å². The highest BCUT2D eigenvalue weighted by molar-refractivity contribution is 7.82. The van der Waals surface area contributed by atoms with Gasteiger partial charge in [-0.05, 0) is 39.9 Å². The first-order valence-corrected chi connectivity index (χ1v) is 7.00. The Labute approximate surface area is 126 Å². The molecular weight excluding hydrogens is 309 g/mol. The van der Waals surface area contributed by atoms with E-state index in [0.29, 0.717) is 25.9 Å². The molecule has 21 heavy (non-hydrogen) atoms. The Morgan fingerprint density at radius 1 is 1.38 bits per heavy atom. The van der Waals surface area contributed by atoms with Crippen LogP contribution >= 0.6 is 12.6 Å². The molecule has 1 amide bonds. The number of hydrogen-bond donors (Lipinski definition) is 2. The normalized spacial score (nSPS) is 20.7. The van der Waals surface area contributed by atoms with Gasteiger partial charge < -0.3 is 15.0 Å². The fraction of sp³-hybridized carbons (Fsp3) is 0.833. The third-order valence-corrected chi connectivity index (χ3v) is 4.15. The van der Waals surface area contributed by atoms with Crippen LogP contribution < -0.4 is 5.32 Å². The monoisotopic (exact) mass is 328 g/mol. The van der Waals surface area contributed by atoms with Crippen molar-refractivity contribution < 1.29 is 27.5 Å². The van der Waals surface area contributed by atoms with E-state index in [9.17, 15) is 22.8 Å². The molecule has 9 heteroatoms. The van der Waals surface area contributed by atoms with Crippen molar-refractivity contribution in [1.29, 1.82) is 0 Å². The van der Waals surface area contributed by atoms with Crippen molar-refractivity contribution in [1.82, 2.24) is 10.2 Å². The molecule has 0 aromatic rings. The predicted molar refractivity (Wildman–Crippen MR) is 73.1 cm³/mol. The Kier molecular flexibility index (Phi) is 5.92. The number of rotatable bonds is 4. The van der Waals surface area contributed by atoms with Crippen molar-refractivity contribution in [2.45, 2.75) is 36.7 Å². The number of amides is 1. The number of hydrogen-bond acceptors (Lipinski definition) is 5. The van der Waals surface area contributed by atoms with Gasteiger partial charge in [-0.2, -0.15) is 25.8 Å². The summed E-state index contributed by atoms with van der Waals surface area (Å²) in [6, 6.07) is -1.43. The summed E-state index contributed by atoms with van der Waals surface area (Å²) in [5, 5.41) is 1.73. The maximum atomic E-state index is 12.4. The van der Waals surface area contributed by atoms with Gasteiger partial charge in [0.2, 0.25) is 0 Å². The zero-order chi connectivity index (χ0) is 16.3. The Balaban J connectivity index is 2.92. The Morgan fingerprint density at radius 2 is 1.90 bits per heavy atom. The summed E-state index contributed by atoms with van der Waals surface area (Å²) in [7, 11) is 1.86. The van der Waals surface area contributed by atoms with Gasteiger partial charge >= 0.3 is 18.1 Å². The summed E-state index contributed by atoms with van der Waals surface area (Å²) in [5.74, 6) is -3.05. The van der Waals surface area contributed by atoms with Crippen LogP contribution in [0.4, 0.5) is 13.2 Å². The standard InChI is InChI=1S/C12H19F3N2O3S/c1-3-20-9(18)8(16-10(19)12(13,14)15)11(21)4-6-17(2)7-5-11/h8,21H,3-7H2,1-2H3,(H,16,19). The lowest BCUT2D eigenvalue weighted by Crippen LogP contribution is -2.60. The van der Waals surface area contributed by atoms with Crippen LogP contribution in [0.25, 0.3) is 0 Å². The zero-order valence-corrected chi connectivity index (χ0v) is 12.8. The number of halogens is 3. The predicted octanol–water partition coefficient (Wildman–Crippen LogP) is 0.991. The molecule has 1 rings (SSSR count). The Bertz CT molecular complexity index is 396. The van der Waals surface area contributed by atoms with E-state index in [1.54, 1.807) is 12.2 Å². The van der Waals surface area contributed by atoms with Crippen LogP contribution in [0, 0.1) is 0 Å². The summed E-state index contributed by atoms with van der Waals surface area (Å²) < 4.78 is 41.0. The first-order valence-electron chi connectivity index (χ1n) is 6.55. The summed E-state index contributed by atoms with van der Waals surface area (Å²) in [5.41, 5.74) is 0. The van der Waals surface area contributed by atoms with Crippen molar-refractivity contribution in [3.05, 3.63) is 0 Å². The molecule has 1 saturated heterocycles. The van der Waals surface area contributed by atoms with Gasteiger partial charge in [-0.3, -0.25) is 4.79 Å². The molecule has 1 unspecified atom stereocenters. The van der Waals surface area contributed by atoms with E-state index in [-0.39, 0.29) is 6.61 Å². The van der Waals surface area contributed by atoms with Crippen LogP contribution in [0.3, 0.4) is 0 Å². The van der Waals surface area contributed by atoms with Gasteiger partial charge in [0.1, 0.15) is 6.04 Å². The van der Waals surface area contributed by atoms with Crippen LogP contribution in [0.15, 0.2) is 0 Å². The number of nitrogens with one attached hydrogen (secondary N) is 1. The van der Waals surface area contributed by atoms with E-state index in [4.69, 9.17) is 4.74 Å². The van der Waals surface area contributed by atoms with Gasteiger partial charge in [-0.15, -0.1) is 0 Å². The molecule has 0 spiro atoms. The zero-order valence-electron chi connectivity index (χ0n) is 11.9.